The van der Waals surface area contributed by atoms with Crippen LogP contribution in [0.1, 0.15) is 17.8 Å². The normalized spacial score (nSPS) is 17.1. The number of benzene rings is 1. The van der Waals surface area contributed by atoms with Crippen molar-refractivity contribution in [1.82, 2.24) is 19.3 Å². The smallest absolute Gasteiger partial charge is 0.345 e. The summed E-state index contributed by atoms with van der Waals surface area (Å²) in [6.07, 6.45) is 4.75. The Hall–Kier alpha value is -3.23. The molecule has 1 aliphatic heterocycles. The van der Waals surface area contributed by atoms with Gasteiger partial charge >= 0.3 is 5.63 Å². The standard InChI is InChI=1S/C23H25N5O3/c1-14-11-28-13-20(26-22(28)15(2)24-14)19-9-16-3-4-17(10-21(16)31-23(19)30)25-18-5-6-27(12-18)7-8-29/h3-4,9-11,13,18,25,29H,5-8,12H2,1-2H3. The number of rotatable bonds is 5. The van der Waals surface area contributed by atoms with E-state index in [9.17, 15) is 4.79 Å². The van der Waals surface area contributed by atoms with Gasteiger partial charge in [-0.1, -0.05) is 0 Å². The highest BCUT2D eigenvalue weighted by Gasteiger charge is 2.22. The summed E-state index contributed by atoms with van der Waals surface area (Å²) in [4.78, 5) is 24.0. The zero-order chi connectivity index (χ0) is 21.5. The summed E-state index contributed by atoms with van der Waals surface area (Å²) < 4.78 is 7.55. The molecule has 4 aromatic rings. The number of nitrogens with one attached hydrogen (secondary N) is 1. The Morgan fingerprint density at radius 2 is 2.10 bits per heavy atom. The van der Waals surface area contributed by atoms with Gasteiger partial charge in [-0.3, -0.25) is 9.88 Å². The number of imidazole rings is 1. The topological polar surface area (TPSA) is 95.9 Å². The molecule has 1 fully saturated rings. The van der Waals surface area contributed by atoms with E-state index in [1.165, 1.54) is 0 Å². The molecule has 0 saturated carbocycles. The van der Waals surface area contributed by atoms with Crippen LogP contribution in [0.2, 0.25) is 0 Å². The summed E-state index contributed by atoms with van der Waals surface area (Å²) in [5.41, 5.74) is 4.49. The predicted octanol–water partition coefficient (Wildman–Crippen LogP) is 2.60. The number of hydrogen-bond acceptors (Lipinski definition) is 7. The van der Waals surface area contributed by atoms with Crippen molar-refractivity contribution in [3.8, 4) is 11.3 Å². The van der Waals surface area contributed by atoms with E-state index in [2.05, 4.69) is 20.2 Å². The van der Waals surface area contributed by atoms with Crippen molar-refractivity contribution in [3.63, 3.8) is 0 Å². The Kier molecular flexibility index (Phi) is 4.95. The molecule has 3 aromatic heterocycles. The summed E-state index contributed by atoms with van der Waals surface area (Å²) in [5.74, 6) is 0. The van der Waals surface area contributed by atoms with Crippen molar-refractivity contribution < 1.29 is 9.52 Å². The fourth-order valence-corrected chi connectivity index (χ4v) is 4.34. The van der Waals surface area contributed by atoms with E-state index >= 15 is 0 Å². The third kappa shape index (κ3) is 3.80. The number of anilines is 1. The van der Waals surface area contributed by atoms with E-state index in [-0.39, 0.29) is 6.61 Å². The number of aliphatic hydroxyl groups excluding tert-OH is 1. The molecule has 0 amide bonds. The Bertz CT molecular complexity index is 1330. The van der Waals surface area contributed by atoms with Crippen molar-refractivity contribution in [2.75, 3.05) is 31.6 Å². The van der Waals surface area contributed by atoms with Gasteiger partial charge in [-0.05, 0) is 38.5 Å². The molecule has 31 heavy (non-hydrogen) atoms. The van der Waals surface area contributed by atoms with Crippen LogP contribution >= 0.6 is 0 Å². The van der Waals surface area contributed by atoms with E-state index in [0.717, 1.165) is 47.6 Å². The second-order valence-corrected chi connectivity index (χ2v) is 8.18. The van der Waals surface area contributed by atoms with Crippen LogP contribution in [0.4, 0.5) is 5.69 Å². The van der Waals surface area contributed by atoms with Crippen molar-refractivity contribution in [3.05, 3.63) is 58.5 Å². The Labute approximate surface area is 179 Å². The van der Waals surface area contributed by atoms with Crippen LogP contribution in [-0.4, -0.2) is 56.7 Å². The second kappa shape index (κ2) is 7.79. The Morgan fingerprint density at radius 1 is 1.23 bits per heavy atom. The number of aryl methyl sites for hydroxylation is 2. The molecule has 1 saturated heterocycles. The fraction of sp³-hybridized carbons (Fsp3) is 0.348. The van der Waals surface area contributed by atoms with Crippen LogP contribution in [-0.2, 0) is 0 Å². The number of aromatic nitrogens is 3. The van der Waals surface area contributed by atoms with Gasteiger partial charge in [-0.25, -0.2) is 9.78 Å². The molecule has 0 aliphatic carbocycles. The van der Waals surface area contributed by atoms with E-state index in [1.54, 1.807) is 0 Å². The van der Waals surface area contributed by atoms with Gasteiger partial charge in [0.1, 0.15) is 5.58 Å². The molecule has 0 spiro atoms. The van der Waals surface area contributed by atoms with Gasteiger partial charge in [0.15, 0.2) is 5.65 Å². The number of likely N-dealkylation sites (tertiary alicyclic amines) is 1. The summed E-state index contributed by atoms with van der Waals surface area (Å²) in [7, 11) is 0. The Balaban J connectivity index is 1.45. The third-order valence-electron chi connectivity index (χ3n) is 5.80. The fourth-order valence-electron chi connectivity index (χ4n) is 4.34. The quantitative estimate of drug-likeness (QED) is 0.480. The summed E-state index contributed by atoms with van der Waals surface area (Å²) in [6.45, 7) is 6.58. The molecule has 2 N–H and O–H groups in total. The van der Waals surface area contributed by atoms with Gasteiger partial charge in [0.05, 0.1) is 29.3 Å². The average molecular weight is 419 g/mol. The highest BCUT2D eigenvalue weighted by molar-refractivity contribution is 5.84. The van der Waals surface area contributed by atoms with Gasteiger partial charge in [0.25, 0.3) is 0 Å². The van der Waals surface area contributed by atoms with Crippen molar-refractivity contribution in [1.29, 1.82) is 0 Å². The monoisotopic (exact) mass is 419 g/mol. The van der Waals surface area contributed by atoms with Crippen LogP contribution in [0.25, 0.3) is 27.9 Å². The predicted molar refractivity (Wildman–Crippen MR) is 119 cm³/mol. The number of hydrogen-bond donors (Lipinski definition) is 2. The van der Waals surface area contributed by atoms with Gasteiger partial charge in [0.2, 0.25) is 0 Å². The highest BCUT2D eigenvalue weighted by Crippen LogP contribution is 2.25. The molecule has 1 unspecified atom stereocenters. The minimum absolute atomic E-state index is 0.179. The van der Waals surface area contributed by atoms with Crippen LogP contribution in [0, 0.1) is 13.8 Å². The lowest BCUT2D eigenvalue weighted by Gasteiger charge is -2.16. The molecule has 0 radical (unpaired) electrons. The molecule has 8 nitrogen and oxygen atoms in total. The summed E-state index contributed by atoms with van der Waals surface area (Å²) in [5, 5.41) is 13.5. The number of fused-ring (bicyclic) bond motifs is 2. The van der Waals surface area contributed by atoms with Crippen LogP contribution in [0.15, 0.2) is 45.9 Å². The lowest BCUT2D eigenvalue weighted by atomic mass is 10.1. The first-order valence-electron chi connectivity index (χ1n) is 10.5. The maximum atomic E-state index is 12.8. The van der Waals surface area contributed by atoms with Crippen LogP contribution in [0.5, 0.6) is 0 Å². The minimum atomic E-state index is -0.412. The molecule has 4 heterocycles. The molecule has 1 atom stereocenters. The summed E-state index contributed by atoms with van der Waals surface area (Å²) >= 11 is 0. The number of nitrogens with zero attached hydrogens (tertiary/aromatic N) is 4. The second-order valence-electron chi connectivity index (χ2n) is 8.18. The minimum Gasteiger partial charge on any atom is -0.422 e. The maximum Gasteiger partial charge on any atom is 0.345 e. The van der Waals surface area contributed by atoms with E-state index in [1.807, 2.05) is 54.9 Å². The van der Waals surface area contributed by atoms with E-state index < -0.39 is 5.63 Å². The first kappa shape index (κ1) is 19.7. The van der Waals surface area contributed by atoms with E-state index in [4.69, 9.17) is 9.52 Å². The van der Waals surface area contributed by atoms with Crippen LogP contribution in [0.3, 0.4) is 0 Å². The largest absolute Gasteiger partial charge is 0.422 e. The first-order chi connectivity index (χ1) is 15.0. The van der Waals surface area contributed by atoms with Gasteiger partial charge in [-0.2, -0.15) is 0 Å². The Morgan fingerprint density at radius 3 is 2.94 bits per heavy atom. The first-order valence-corrected chi connectivity index (χ1v) is 10.5. The third-order valence-corrected chi connectivity index (χ3v) is 5.80. The van der Waals surface area contributed by atoms with E-state index in [0.29, 0.717) is 29.4 Å². The van der Waals surface area contributed by atoms with Gasteiger partial charge in [0, 0.05) is 55.2 Å². The van der Waals surface area contributed by atoms with Crippen molar-refractivity contribution >= 4 is 22.3 Å². The van der Waals surface area contributed by atoms with Crippen LogP contribution < -0.4 is 10.9 Å². The molecule has 0 bridgehead atoms. The average Bonchev–Trinajstić information content (AvgIpc) is 3.34. The molecule has 1 aromatic carbocycles. The SMILES string of the molecule is Cc1cn2cc(-c3cc4ccc(NC5CCN(CCO)C5)cc4oc3=O)nc2c(C)n1. The molecular weight excluding hydrogens is 394 g/mol. The zero-order valence-electron chi connectivity index (χ0n) is 17.6. The molecule has 8 heteroatoms. The van der Waals surface area contributed by atoms with Crippen molar-refractivity contribution in [2.24, 2.45) is 0 Å². The molecule has 1 aliphatic rings. The number of β-amino-alcohol motifs (C(OH)–C–C–N with tert-alkyl or cyclic N) is 1. The lowest BCUT2D eigenvalue weighted by molar-refractivity contribution is 0.221. The maximum absolute atomic E-state index is 12.8. The number of aliphatic hydroxyl groups is 1. The summed E-state index contributed by atoms with van der Waals surface area (Å²) in [6, 6.07) is 7.98. The molecule has 160 valence electrons. The van der Waals surface area contributed by atoms with Gasteiger partial charge < -0.3 is 19.2 Å². The van der Waals surface area contributed by atoms with Gasteiger partial charge in [-0.15, -0.1) is 0 Å². The molecule has 5 rings (SSSR count). The lowest BCUT2D eigenvalue weighted by Crippen LogP contribution is -2.28. The highest BCUT2D eigenvalue weighted by atomic mass is 16.4. The zero-order valence-corrected chi connectivity index (χ0v) is 17.6. The van der Waals surface area contributed by atoms with Crippen molar-refractivity contribution in [2.45, 2.75) is 26.3 Å². The molecular formula is C23H25N5O3.